The number of hydrogen-bond acceptors (Lipinski definition) is 8. The second-order valence-electron chi connectivity index (χ2n) is 10.2. The smallest absolute Gasteiger partial charge is 0.376 e. The number of rotatable bonds is 10. The van der Waals surface area contributed by atoms with Gasteiger partial charge in [-0.3, -0.25) is 9.78 Å². The zero-order chi connectivity index (χ0) is 29.9. The van der Waals surface area contributed by atoms with E-state index in [0.29, 0.717) is 35.3 Å². The summed E-state index contributed by atoms with van der Waals surface area (Å²) < 4.78 is 63.4. The minimum Gasteiger partial charge on any atom is -0.376 e. The number of piperidine rings is 1. The number of carbonyl (C=O) groups excluding carboxylic acids is 1. The van der Waals surface area contributed by atoms with Gasteiger partial charge in [-0.15, -0.1) is 11.3 Å². The third-order valence-corrected chi connectivity index (χ3v) is 7.95. The number of aromatic nitrogens is 4. The van der Waals surface area contributed by atoms with Crippen molar-refractivity contribution >= 4 is 33.8 Å². The molecule has 0 saturated carbocycles. The molecule has 222 valence electrons. The van der Waals surface area contributed by atoms with Crippen LogP contribution in [0.3, 0.4) is 0 Å². The maximum Gasteiger partial charge on any atom is 0.406 e. The van der Waals surface area contributed by atoms with Gasteiger partial charge in [0.15, 0.2) is 5.82 Å². The predicted octanol–water partition coefficient (Wildman–Crippen LogP) is 5.60. The third-order valence-electron chi connectivity index (χ3n) is 7.18. The van der Waals surface area contributed by atoms with Gasteiger partial charge in [0.1, 0.15) is 23.3 Å². The Kier molecular flexibility index (Phi) is 8.45. The number of anilines is 1. The Morgan fingerprint density at radius 2 is 2.19 bits per heavy atom. The van der Waals surface area contributed by atoms with Gasteiger partial charge in [-0.05, 0) is 38.1 Å². The van der Waals surface area contributed by atoms with Crippen LogP contribution < -0.4 is 10.6 Å². The van der Waals surface area contributed by atoms with E-state index < -0.39 is 24.4 Å². The lowest BCUT2D eigenvalue weighted by atomic mass is 9.82. The molecule has 0 aliphatic carbocycles. The monoisotopic (exact) mass is 603 g/mol. The van der Waals surface area contributed by atoms with E-state index in [1.807, 2.05) is 18.0 Å². The number of nitrogens with zero attached hydrogens (tertiary/aromatic N) is 5. The molecule has 1 amide bonds. The van der Waals surface area contributed by atoms with Crippen molar-refractivity contribution in [3.05, 3.63) is 71.5 Å². The summed E-state index contributed by atoms with van der Waals surface area (Å²) in [6.07, 6.45) is 1.68. The number of likely N-dealkylation sites (tertiary alicyclic amines) is 1. The zero-order valence-electron chi connectivity index (χ0n) is 22.7. The van der Waals surface area contributed by atoms with Gasteiger partial charge in [0.25, 0.3) is 11.8 Å². The van der Waals surface area contributed by atoms with E-state index in [1.54, 1.807) is 30.4 Å². The Morgan fingerprint density at radius 3 is 2.90 bits per heavy atom. The molecular weight excluding hydrogens is 574 g/mol. The molecule has 9 nitrogen and oxygen atoms in total. The Bertz CT molecular complexity index is 1580. The lowest BCUT2D eigenvalue weighted by molar-refractivity contribution is -0.139. The highest BCUT2D eigenvalue weighted by Gasteiger charge is 2.42. The number of carbonyl (C=O) groups is 1. The molecule has 1 saturated heterocycles. The van der Waals surface area contributed by atoms with Gasteiger partial charge < -0.3 is 24.6 Å². The molecular formula is C28H29F4N7O2S. The van der Waals surface area contributed by atoms with Crippen molar-refractivity contribution < 1.29 is 26.9 Å². The van der Waals surface area contributed by atoms with Crippen LogP contribution in [0.2, 0.25) is 0 Å². The van der Waals surface area contributed by atoms with Crippen molar-refractivity contribution in [1.82, 2.24) is 29.9 Å². The number of fused-ring (bicyclic) bond motifs is 1. The fraction of sp³-hybridized carbons (Fsp3) is 0.357. The van der Waals surface area contributed by atoms with Crippen LogP contribution in [0.15, 0.2) is 65.3 Å². The first-order valence-electron chi connectivity index (χ1n) is 13.2. The number of alkyl halides is 4. The Morgan fingerprint density at radius 1 is 1.36 bits per heavy atom. The number of hydrogen-bond donors (Lipinski definition) is 2. The third kappa shape index (κ3) is 6.39. The summed E-state index contributed by atoms with van der Waals surface area (Å²) in [5.74, 6) is -0.443. The van der Waals surface area contributed by atoms with Crippen LogP contribution in [0, 0.1) is 0 Å². The standard InChI is InChI=1S/C28H29F4N7O2S/c1-3-4-5-9-27(10-11-38(2)15-23(27)29)36-19-7-6-8-20-18(19)12-21(39(20)16-28(30,31)32)26-35-24(37-41-26)14-34-25(40)22-13-33-17-42-22/h3-8,12-13,17,23,36H,1,9-11,14-16H2,2H3,(H,34,40)/b5-4+/t23-,27-/m0/s1. The number of thiazole rings is 1. The molecule has 4 aromatic rings. The van der Waals surface area contributed by atoms with Gasteiger partial charge in [0, 0.05) is 24.2 Å². The summed E-state index contributed by atoms with van der Waals surface area (Å²) in [6.45, 7) is 3.14. The zero-order valence-corrected chi connectivity index (χ0v) is 23.5. The average Bonchev–Trinajstić information content (AvgIpc) is 3.70. The molecule has 2 N–H and O–H groups in total. The molecule has 14 heteroatoms. The SMILES string of the molecule is C=C/C=C/C[C@]1(Nc2cccc3c2cc(-c2nc(CNC(=O)c4cncs4)no2)n3CC(F)(F)F)CCN(C)C[C@@H]1F. The van der Waals surface area contributed by atoms with Gasteiger partial charge in [0.05, 0.1) is 29.3 Å². The van der Waals surface area contributed by atoms with Crippen LogP contribution in [0.25, 0.3) is 22.5 Å². The van der Waals surface area contributed by atoms with Crippen molar-refractivity contribution in [1.29, 1.82) is 0 Å². The molecule has 42 heavy (non-hydrogen) atoms. The summed E-state index contributed by atoms with van der Waals surface area (Å²) in [5.41, 5.74) is 1.35. The van der Waals surface area contributed by atoms with Crippen LogP contribution in [0.5, 0.6) is 0 Å². The van der Waals surface area contributed by atoms with Crippen LogP contribution in [0.4, 0.5) is 23.2 Å². The summed E-state index contributed by atoms with van der Waals surface area (Å²) in [5, 5.41) is 10.3. The van der Waals surface area contributed by atoms with Crippen LogP contribution in [-0.2, 0) is 13.1 Å². The van der Waals surface area contributed by atoms with Crippen LogP contribution >= 0.6 is 11.3 Å². The Hall–Kier alpha value is -4.04. The number of allylic oxidation sites excluding steroid dienone is 2. The molecule has 1 fully saturated rings. The highest BCUT2D eigenvalue weighted by Crippen LogP contribution is 2.38. The summed E-state index contributed by atoms with van der Waals surface area (Å²) >= 11 is 1.16. The number of halogens is 4. The van der Waals surface area contributed by atoms with E-state index in [4.69, 9.17) is 4.52 Å². The summed E-state index contributed by atoms with van der Waals surface area (Å²) in [6, 6.07) is 6.45. The lowest BCUT2D eigenvalue weighted by Gasteiger charge is -2.44. The number of benzene rings is 1. The molecule has 3 aromatic heterocycles. The van der Waals surface area contributed by atoms with E-state index in [2.05, 4.69) is 32.3 Å². The lowest BCUT2D eigenvalue weighted by Crippen LogP contribution is -2.56. The minimum atomic E-state index is -4.55. The minimum absolute atomic E-state index is 0.0462. The van der Waals surface area contributed by atoms with Crippen molar-refractivity contribution in [2.45, 2.75) is 43.8 Å². The van der Waals surface area contributed by atoms with E-state index in [9.17, 15) is 18.0 Å². The van der Waals surface area contributed by atoms with E-state index in [-0.39, 0.29) is 41.9 Å². The van der Waals surface area contributed by atoms with E-state index in [1.165, 1.54) is 17.8 Å². The fourth-order valence-corrected chi connectivity index (χ4v) is 5.61. The maximum absolute atomic E-state index is 15.7. The first-order chi connectivity index (χ1) is 20.1. The fourth-order valence-electron chi connectivity index (χ4n) is 5.08. The highest BCUT2D eigenvalue weighted by molar-refractivity contribution is 7.11. The van der Waals surface area contributed by atoms with Gasteiger partial charge in [-0.1, -0.05) is 36.0 Å². The topological polar surface area (TPSA) is 101 Å². The Labute approximate surface area is 242 Å². The normalized spacial score (nSPS) is 19.9. The number of nitrogens with one attached hydrogen (secondary N) is 2. The second-order valence-corrected chi connectivity index (χ2v) is 11.0. The molecule has 5 rings (SSSR count). The molecule has 1 aliphatic heterocycles. The molecule has 1 aliphatic rings. The average molecular weight is 604 g/mol. The first kappa shape index (κ1) is 29.5. The summed E-state index contributed by atoms with van der Waals surface area (Å²) in [4.78, 5) is 22.6. The van der Waals surface area contributed by atoms with Crippen molar-refractivity contribution in [2.75, 3.05) is 25.5 Å². The maximum atomic E-state index is 15.7. The van der Waals surface area contributed by atoms with E-state index in [0.717, 1.165) is 15.9 Å². The predicted molar refractivity (Wildman–Crippen MR) is 152 cm³/mol. The molecule has 1 aromatic carbocycles. The second kappa shape index (κ2) is 12.1. The van der Waals surface area contributed by atoms with Gasteiger partial charge in [-0.2, -0.15) is 18.2 Å². The molecule has 4 heterocycles. The van der Waals surface area contributed by atoms with Crippen LogP contribution in [-0.4, -0.2) is 68.5 Å². The Balaban J connectivity index is 1.50. The number of amides is 1. The largest absolute Gasteiger partial charge is 0.406 e. The van der Waals surface area contributed by atoms with Crippen molar-refractivity contribution in [2.24, 2.45) is 0 Å². The summed E-state index contributed by atoms with van der Waals surface area (Å²) in [7, 11) is 1.85. The quantitative estimate of drug-likeness (QED) is 0.180. The molecule has 0 radical (unpaired) electrons. The van der Waals surface area contributed by atoms with Crippen LogP contribution in [0.1, 0.15) is 28.3 Å². The van der Waals surface area contributed by atoms with E-state index >= 15 is 4.39 Å². The van der Waals surface area contributed by atoms with Gasteiger partial charge in [-0.25, -0.2) is 4.39 Å². The molecule has 2 atom stereocenters. The van der Waals surface area contributed by atoms with Gasteiger partial charge in [0.2, 0.25) is 0 Å². The highest BCUT2D eigenvalue weighted by atomic mass is 32.1. The molecule has 0 bridgehead atoms. The molecule has 0 spiro atoms. The first-order valence-corrected chi connectivity index (χ1v) is 14.0. The van der Waals surface area contributed by atoms with Crippen molar-refractivity contribution in [3.8, 4) is 11.6 Å². The van der Waals surface area contributed by atoms with Gasteiger partial charge >= 0.3 is 6.18 Å². The van der Waals surface area contributed by atoms with Crippen molar-refractivity contribution in [3.63, 3.8) is 0 Å². The molecule has 0 unspecified atom stereocenters.